The van der Waals surface area contributed by atoms with Gasteiger partial charge in [-0.15, -0.1) is 0 Å². The highest BCUT2D eigenvalue weighted by molar-refractivity contribution is 5.14. The monoisotopic (exact) mass is 205 g/mol. The van der Waals surface area contributed by atoms with Gasteiger partial charge in [0.25, 0.3) is 0 Å². The van der Waals surface area contributed by atoms with E-state index in [4.69, 9.17) is 0 Å². The third kappa shape index (κ3) is 1.84. The molecule has 1 aliphatic carbocycles. The molecule has 0 radical (unpaired) electrons. The van der Waals surface area contributed by atoms with Crippen LogP contribution >= 0.6 is 0 Å². The quantitative estimate of drug-likeness (QED) is 0.767. The molecule has 82 valence electrons. The summed E-state index contributed by atoms with van der Waals surface area (Å²) in [6.45, 7) is 4.37. The molecule has 1 aromatic heterocycles. The molecular weight excluding hydrogens is 186 g/mol. The standard InChI is InChI=1S/C12H19N3/c1-12(2,13-3)11-8-14-9-15(11)10-6-4-5-7-10/h4-5,8-10,13H,6-7H2,1-3H3. The summed E-state index contributed by atoms with van der Waals surface area (Å²) in [5, 5.41) is 3.33. The lowest BCUT2D eigenvalue weighted by molar-refractivity contribution is 0.386. The van der Waals surface area contributed by atoms with Crippen LogP contribution in [0.25, 0.3) is 0 Å². The van der Waals surface area contributed by atoms with Gasteiger partial charge in [0.15, 0.2) is 0 Å². The summed E-state index contributed by atoms with van der Waals surface area (Å²) >= 11 is 0. The van der Waals surface area contributed by atoms with E-state index in [-0.39, 0.29) is 5.54 Å². The first kappa shape index (κ1) is 10.4. The van der Waals surface area contributed by atoms with Gasteiger partial charge in [0.05, 0.1) is 23.8 Å². The number of allylic oxidation sites excluding steroid dienone is 2. The van der Waals surface area contributed by atoms with Crippen LogP contribution in [0.5, 0.6) is 0 Å². The molecule has 0 saturated heterocycles. The summed E-state index contributed by atoms with van der Waals surface area (Å²) in [4.78, 5) is 4.28. The van der Waals surface area contributed by atoms with Crippen molar-refractivity contribution in [1.82, 2.24) is 14.9 Å². The molecule has 1 aromatic rings. The van der Waals surface area contributed by atoms with Crippen LogP contribution < -0.4 is 5.32 Å². The van der Waals surface area contributed by atoms with Crippen LogP contribution in [0.4, 0.5) is 0 Å². The topological polar surface area (TPSA) is 29.9 Å². The van der Waals surface area contributed by atoms with Crippen LogP contribution in [0, 0.1) is 0 Å². The van der Waals surface area contributed by atoms with Crippen molar-refractivity contribution in [3.63, 3.8) is 0 Å². The lowest BCUT2D eigenvalue weighted by atomic mass is 10.0. The van der Waals surface area contributed by atoms with E-state index in [1.54, 1.807) is 0 Å². The maximum absolute atomic E-state index is 4.28. The molecule has 0 aromatic carbocycles. The minimum absolute atomic E-state index is 0.0148. The second kappa shape index (κ2) is 3.81. The molecule has 0 atom stereocenters. The van der Waals surface area contributed by atoms with E-state index in [2.05, 4.69) is 40.9 Å². The van der Waals surface area contributed by atoms with Gasteiger partial charge in [-0.2, -0.15) is 0 Å². The average molecular weight is 205 g/mol. The van der Waals surface area contributed by atoms with Crippen molar-refractivity contribution in [2.24, 2.45) is 0 Å². The van der Waals surface area contributed by atoms with E-state index < -0.39 is 0 Å². The molecule has 0 unspecified atom stereocenters. The molecule has 0 bridgehead atoms. The van der Waals surface area contributed by atoms with Crippen molar-refractivity contribution in [2.75, 3.05) is 7.05 Å². The zero-order valence-electron chi connectivity index (χ0n) is 9.70. The number of nitrogens with one attached hydrogen (secondary N) is 1. The molecule has 0 spiro atoms. The first-order valence-corrected chi connectivity index (χ1v) is 5.51. The fraction of sp³-hybridized carbons (Fsp3) is 0.583. The van der Waals surface area contributed by atoms with Crippen LogP contribution in [0.2, 0.25) is 0 Å². The maximum atomic E-state index is 4.28. The Morgan fingerprint density at radius 2 is 2.07 bits per heavy atom. The Kier molecular flexibility index (Phi) is 2.65. The summed E-state index contributed by atoms with van der Waals surface area (Å²) in [6, 6.07) is 0.565. The van der Waals surface area contributed by atoms with E-state index in [1.165, 1.54) is 5.69 Å². The van der Waals surface area contributed by atoms with Crippen molar-refractivity contribution in [1.29, 1.82) is 0 Å². The van der Waals surface area contributed by atoms with Gasteiger partial charge in [-0.25, -0.2) is 4.98 Å². The Morgan fingerprint density at radius 3 is 2.67 bits per heavy atom. The van der Waals surface area contributed by atoms with E-state index in [0.29, 0.717) is 6.04 Å². The average Bonchev–Trinajstić information content (AvgIpc) is 2.87. The van der Waals surface area contributed by atoms with Crippen molar-refractivity contribution in [3.05, 3.63) is 30.4 Å². The van der Waals surface area contributed by atoms with E-state index in [1.807, 2.05) is 19.6 Å². The number of hydrogen-bond acceptors (Lipinski definition) is 2. The van der Waals surface area contributed by atoms with Gasteiger partial charge in [-0.05, 0) is 33.7 Å². The Bertz CT molecular complexity index is 355. The lowest BCUT2D eigenvalue weighted by Crippen LogP contribution is -2.35. The molecule has 3 nitrogen and oxygen atoms in total. The summed E-state index contributed by atoms with van der Waals surface area (Å²) < 4.78 is 2.30. The molecule has 3 heteroatoms. The predicted octanol–water partition coefficient (Wildman–Crippen LogP) is 2.23. The highest BCUT2D eigenvalue weighted by Crippen LogP contribution is 2.29. The number of rotatable bonds is 3. The number of nitrogens with zero attached hydrogens (tertiary/aromatic N) is 2. The van der Waals surface area contributed by atoms with Crippen LogP contribution in [0.15, 0.2) is 24.7 Å². The predicted molar refractivity (Wildman–Crippen MR) is 61.7 cm³/mol. The highest BCUT2D eigenvalue weighted by atomic mass is 15.1. The molecule has 0 fully saturated rings. The van der Waals surface area contributed by atoms with Gasteiger partial charge in [0.2, 0.25) is 0 Å². The van der Waals surface area contributed by atoms with Crippen molar-refractivity contribution in [3.8, 4) is 0 Å². The van der Waals surface area contributed by atoms with Crippen LogP contribution in [-0.2, 0) is 5.54 Å². The van der Waals surface area contributed by atoms with Crippen molar-refractivity contribution < 1.29 is 0 Å². The van der Waals surface area contributed by atoms with Gasteiger partial charge < -0.3 is 9.88 Å². The fourth-order valence-electron chi connectivity index (χ4n) is 2.04. The second-order valence-corrected chi connectivity index (χ2v) is 4.66. The summed E-state index contributed by atoms with van der Waals surface area (Å²) in [5.41, 5.74) is 1.25. The molecule has 0 saturated carbocycles. The van der Waals surface area contributed by atoms with Gasteiger partial charge in [-0.3, -0.25) is 0 Å². The van der Waals surface area contributed by atoms with Crippen LogP contribution in [0.1, 0.15) is 38.4 Å². The summed E-state index contributed by atoms with van der Waals surface area (Å²) in [5.74, 6) is 0. The smallest absolute Gasteiger partial charge is 0.0951 e. The number of imidazole rings is 1. The molecule has 0 amide bonds. The van der Waals surface area contributed by atoms with Crippen LogP contribution in [-0.4, -0.2) is 16.6 Å². The molecule has 1 heterocycles. The molecule has 1 N–H and O–H groups in total. The molecule has 0 aliphatic heterocycles. The first-order valence-electron chi connectivity index (χ1n) is 5.51. The largest absolute Gasteiger partial charge is 0.329 e. The van der Waals surface area contributed by atoms with E-state index in [9.17, 15) is 0 Å². The lowest BCUT2D eigenvalue weighted by Gasteiger charge is -2.27. The normalized spacial score (nSPS) is 17.5. The Morgan fingerprint density at radius 1 is 1.40 bits per heavy atom. The Balaban J connectivity index is 2.29. The fourth-order valence-corrected chi connectivity index (χ4v) is 2.04. The third-order valence-electron chi connectivity index (χ3n) is 3.31. The van der Waals surface area contributed by atoms with Crippen LogP contribution in [0.3, 0.4) is 0 Å². The zero-order valence-corrected chi connectivity index (χ0v) is 9.70. The van der Waals surface area contributed by atoms with Crippen molar-refractivity contribution >= 4 is 0 Å². The van der Waals surface area contributed by atoms with Gasteiger partial charge in [0.1, 0.15) is 0 Å². The maximum Gasteiger partial charge on any atom is 0.0951 e. The first-order chi connectivity index (χ1) is 7.15. The molecule has 2 rings (SSSR count). The third-order valence-corrected chi connectivity index (χ3v) is 3.31. The minimum atomic E-state index is -0.0148. The van der Waals surface area contributed by atoms with E-state index in [0.717, 1.165) is 12.8 Å². The summed E-state index contributed by atoms with van der Waals surface area (Å²) in [7, 11) is 1.99. The van der Waals surface area contributed by atoms with Crippen molar-refractivity contribution in [2.45, 2.75) is 38.3 Å². The van der Waals surface area contributed by atoms with E-state index >= 15 is 0 Å². The second-order valence-electron chi connectivity index (χ2n) is 4.66. The number of hydrogen-bond donors (Lipinski definition) is 1. The van der Waals surface area contributed by atoms with Gasteiger partial charge in [0, 0.05) is 6.04 Å². The highest BCUT2D eigenvalue weighted by Gasteiger charge is 2.25. The molecule has 1 aliphatic rings. The minimum Gasteiger partial charge on any atom is -0.329 e. The Labute approximate surface area is 91.2 Å². The zero-order chi connectivity index (χ0) is 10.9. The SMILES string of the molecule is CNC(C)(C)c1cncn1C1CC=CC1. The summed E-state index contributed by atoms with van der Waals surface area (Å²) in [6.07, 6.45) is 10.7. The van der Waals surface area contributed by atoms with Gasteiger partial charge in [-0.1, -0.05) is 12.2 Å². The molecule has 15 heavy (non-hydrogen) atoms. The number of aromatic nitrogens is 2. The molecular formula is C12H19N3. The van der Waals surface area contributed by atoms with Gasteiger partial charge >= 0.3 is 0 Å². The Hall–Kier alpha value is -1.09.